The lowest BCUT2D eigenvalue weighted by Crippen LogP contribution is -2.01. The van der Waals surface area contributed by atoms with Crippen LogP contribution in [0.15, 0.2) is 33.6 Å². The van der Waals surface area contributed by atoms with Crippen molar-refractivity contribution in [2.75, 3.05) is 14.2 Å². The number of carbonyl (C=O) groups is 1. The molecule has 2 rings (SSSR count). The molecule has 0 atom stereocenters. The van der Waals surface area contributed by atoms with Gasteiger partial charge in [-0.25, -0.2) is 9.78 Å². The van der Waals surface area contributed by atoms with Gasteiger partial charge in [-0.15, -0.1) is 0 Å². The fourth-order valence-electron chi connectivity index (χ4n) is 1.56. The van der Waals surface area contributed by atoms with Gasteiger partial charge < -0.3 is 14.0 Å². The maximum atomic E-state index is 11.4. The molecule has 0 saturated carbocycles. The first-order valence-corrected chi connectivity index (χ1v) is 6.81. The largest absolute Gasteiger partial charge is 0.494 e. The number of rotatable bonds is 3. The summed E-state index contributed by atoms with van der Waals surface area (Å²) in [5.74, 6) is 0.238. The Balaban J connectivity index is 2.42. The predicted molar refractivity (Wildman–Crippen MR) is 76.9 cm³/mol. The summed E-state index contributed by atoms with van der Waals surface area (Å²) in [5, 5.41) is 0. The van der Waals surface area contributed by atoms with Gasteiger partial charge in [0, 0.05) is 11.9 Å². The third kappa shape index (κ3) is 2.82. The quantitative estimate of drug-likeness (QED) is 0.756. The fourth-order valence-corrected chi connectivity index (χ4v) is 3.05. The average Bonchev–Trinajstić information content (AvgIpc) is 2.87. The lowest BCUT2D eigenvalue weighted by atomic mass is 10.3. The molecule has 100 valence electrons. The summed E-state index contributed by atoms with van der Waals surface area (Å²) in [6, 6.07) is 3.73. The molecular formula is C12H10Br2N2O3. The number of ether oxygens (including phenoxy) is 2. The molecule has 0 aliphatic heterocycles. The molecular weight excluding hydrogens is 380 g/mol. The zero-order valence-electron chi connectivity index (χ0n) is 10.2. The fraction of sp³-hybridized carbons (Fsp3) is 0.167. The number of aromatic nitrogens is 2. The number of imidazole rings is 1. The monoisotopic (exact) mass is 388 g/mol. The van der Waals surface area contributed by atoms with Gasteiger partial charge in [-0.05, 0) is 44.0 Å². The second kappa shape index (κ2) is 5.75. The van der Waals surface area contributed by atoms with Crippen LogP contribution in [0.3, 0.4) is 0 Å². The highest BCUT2D eigenvalue weighted by atomic mass is 79.9. The molecule has 0 aliphatic rings. The summed E-state index contributed by atoms with van der Waals surface area (Å²) in [6.45, 7) is 0. The molecule has 0 amide bonds. The van der Waals surface area contributed by atoms with Gasteiger partial charge in [0.25, 0.3) is 0 Å². The average molecular weight is 390 g/mol. The first-order valence-electron chi connectivity index (χ1n) is 5.22. The van der Waals surface area contributed by atoms with E-state index in [1.54, 1.807) is 24.2 Å². The predicted octanol–water partition coefficient (Wildman–Crippen LogP) is 3.19. The van der Waals surface area contributed by atoms with E-state index in [-0.39, 0.29) is 5.69 Å². The Kier molecular flexibility index (Phi) is 4.26. The molecule has 19 heavy (non-hydrogen) atoms. The van der Waals surface area contributed by atoms with E-state index in [1.807, 2.05) is 12.1 Å². The Hall–Kier alpha value is -1.34. The molecule has 2 aromatic rings. The maximum absolute atomic E-state index is 11.4. The highest BCUT2D eigenvalue weighted by molar-refractivity contribution is 9.11. The van der Waals surface area contributed by atoms with E-state index in [2.05, 4.69) is 41.6 Å². The number of nitrogens with zero attached hydrogens (tertiary/aromatic N) is 2. The van der Waals surface area contributed by atoms with Crippen molar-refractivity contribution in [2.45, 2.75) is 0 Å². The van der Waals surface area contributed by atoms with Gasteiger partial charge in [0.1, 0.15) is 12.1 Å². The van der Waals surface area contributed by atoms with Crippen LogP contribution in [0.1, 0.15) is 10.5 Å². The number of benzene rings is 1. The smallest absolute Gasteiger partial charge is 0.358 e. The van der Waals surface area contributed by atoms with Gasteiger partial charge in [0.05, 0.1) is 23.2 Å². The molecule has 0 bridgehead atoms. The Morgan fingerprint density at radius 3 is 2.42 bits per heavy atom. The van der Waals surface area contributed by atoms with Crippen LogP contribution in [0.5, 0.6) is 5.75 Å². The van der Waals surface area contributed by atoms with Crippen LogP contribution < -0.4 is 4.74 Å². The Bertz CT molecular complexity index is 602. The maximum Gasteiger partial charge on any atom is 0.358 e. The molecule has 5 nitrogen and oxygen atoms in total. The molecule has 0 N–H and O–H groups in total. The molecule has 1 aromatic carbocycles. The van der Waals surface area contributed by atoms with Crippen molar-refractivity contribution < 1.29 is 14.3 Å². The zero-order valence-corrected chi connectivity index (χ0v) is 13.4. The minimum atomic E-state index is -0.467. The summed E-state index contributed by atoms with van der Waals surface area (Å²) < 4.78 is 13.2. The Morgan fingerprint density at radius 1 is 1.26 bits per heavy atom. The van der Waals surface area contributed by atoms with Crippen molar-refractivity contribution in [3.8, 4) is 11.4 Å². The second-order valence-electron chi connectivity index (χ2n) is 3.60. The Morgan fingerprint density at radius 2 is 1.89 bits per heavy atom. The molecule has 0 radical (unpaired) electrons. The molecule has 0 fully saturated rings. The van der Waals surface area contributed by atoms with Crippen molar-refractivity contribution in [3.05, 3.63) is 39.3 Å². The lowest BCUT2D eigenvalue weighted by Gasteiger charge is -2.09. The van der Waals surface area contributed by atoms with Crippen LogP contribution in [0.4, 0.5) is 0 Å². The van der Waals surface area contributed by atoms with Crippen LogP contribution >= 0.6 is 31.9 Å². The first kappa shape index (κ1) is 14.1. The van der Waals surface area contributed by atoms with E-state index < -0.39 is 5.97 Å². The zero-order chi connectivity index (χ0) is 14.0. The number of halogens is 2. The topological polar surface area (TPSA) is 53.4 Å². The molecule has 1 heterocycles. The van der Waals surface area contributed by atoms with Gasteiger partial charge >= 0.3 is 5.97 Å². The van der Waals surface area contributed by atoms with Gasteiger partial charge in [0.15, 0.2) is 5.69 Å². The SMILES string of the molecule is COC(=O)c1cn(-c2cc(Br)c(OC)c(Br)c2)cn1. The highest BCUT2D eigenvalue weighted by Crippen LogP contribution is 2.35. The van der Waals surface area contributed by atoms with E-state index in [4.69, 9.17) is 4.74 Å². The molecule has 0 saturated heterocycles. The number of methoxy groups -OCH3 is 2. The summed E-state index contributed by atoms with van der Waals surface area (Å²) in [5.41, 5.74) is 1.09. The van der Waals surface area contributed by atoms with E-state index in [0.29, 0.717) is 5.75 Å². The van der Waals surface area contributed by atoms with Crippen molar-refractivity contribution in [3.63, 3.8) is 0 Å². The minimum Gasteiger partial charge on any atom is -0.494 e. The minimum absolute atomic E-state index is 0.255. The van der Waals surface area contributed by atoms with Crippen LogP contribution in [-0.2, 0) is 4.74 Å². The molecule has 0 aliphatic carbocycles. The van der Waals surface area contributed by atoms with Crippen LogP contribution in [0, 0.1) is 0 Å². The van der Waals surface area contributed by atoms with Crippen molar-refractivity contribution in [2.24, 2.45) is 0 Å². The second-order valence-corrected chi connectivity index (χ2v) is 5.31. The summed E-state index contributed by atoms with van der Waals surface area (Å²) in [6.07, 6.45) is 3.15. The molecule has 1 aromatic heterocycles. The first-order chi connectivity index (χ1) is 9.06. The van der Waals surface area contributed by atoms with Crippen LogP contribution in [-0.4, -0.2) is 29.7 Å². The number of hydrogen-bond donors (Lipinski definition) is 0. The summed E-state index contributed by atoms with van der Waals surface area (Å²) >= 11 is 6.85. The van der Waals surface area contributed by atoms with Crippen molar-refractivity contribution in [1.29, 1.82) is 0 Å². The van der Waals surface area contributed by atoms with E-state index in [1.165, 1.54) is 7.11 Å². The number of carbonyl (C=O) groups excluding carboxylic acids is 1. The van der Waals surface area contributed by atoms with Gasteiger partial charge in [0.2, 0.25) is 0 Å². The van der Waals surface area contributed by atoms with E-state index in [9.17, 15) is 4.79 Å². The molecule has 0 spiro atoms. The summed E-state index contributed by atoms with van der Waals surface area (Å²) in [4.78, 5) is 15.3. The van der Waals surface area contributed by atoms with E-state index in [0.717, 1.165) is 14.6 Å². The number of esters is 1. The third-order valence-corrected chi connectivity index (χ3v) is 3.64. The van der Waals surface area contributed by atoms with Gasteiger partial charge in [-0.3, -0.25) is 0 Å². The normalized spacial score (nSPS) is 10.3. The standard InChI is InChI=1S/C12H10Br2N2O3/c1-18-11-8(13)3-7(4-9(11)14)16-5-10(15-6-16)12(17)19-2/h3-6H,1-2H3. The van der Waals surface area contributed by atoms with Crippen molar-refractivity contribution >= 4 is 37.8 Å². The van der Waals surface area contributed by atoms with Crippen LogP contribution in [0.25, 0.3) is 5.69 Å². The third-order valence-electron chi connectivity index (χ3n) is 2.46. The lowest BCUT2D eigenvalue weighted by molar-refractivity contribution is 0.0594. The summed E-state index contributed by atoms with van der Waals surface area (Å²) in [7, 11) is 2.92. The Labute approximate surface area is 126 Å². The van der Waals surface area contributed by atoms with Crippen molar-refractivity contribution in [1.82, 2.24) is 9.55 Å². The van der Waals surface area contributed by atoms with Crippen LogP contribution in [0.2, 0.25) is 0 Å². The van der Waals surface area contributed by atoms with Gasteiger partial charge in [-0.2, -0.15) is 0 Å². The molecule has 0 unspecified atom stereocenters. The number of hydrogen-bond acceptors (Lipinski definition) is 4. The highest BCUT2D eigenvalue weighted by Gasteiger charge is 2.12. The van der Waals surface area contributed by atoms with E-state index >= 15 is 0 Å². The van der Waals surface area contributed by atoms with Gasteiger partial charge in [-0.1, -0.05) is 0 Å². The molecule has 7 heteroatoms.